The molecule has 0 atom stereocenters. The van der Waals surface area contributed by atoms with Crippen molar-refractivity contribution < 1.29 is 13.0 Å². The van der Waals surface area contributed by atoms with E-state index in [0.29, 0.717) is 6.54 Å². The zero-order valence-electron chi connectivity index (χ0n) is 8.31. The van der Waals surface area contributed by atoms with Crippen LogP contribution < -0.4 is 0 Å². The number of aromatic nitrogens is 2. The molecule has 1 N–H and O–H groups in total. The average Bonchev–Trinajstić information content (AvgIpc) is 2.70. The molecule has 0 unspecified atom stereocenters. The van der Waals surface area contributed by atoms with Gasteiger partial charge in [0, 0.05) is 12.4 Å². The lowest BCUT2D eigenvalue weighted by Crippen LogP contribution is -2.01. The van der Waals surface area contributed by atoms with Crippen LogP contribution in [0.2, 0.25) is 0 Å². The second kappa shape index (κ2) is 4.07. The van der Waals surface area contributed by atoms with Gasteiger partial charge < -0.3 is 0 Å². The van der Waals surface area contributed by atoms with Crippen LogP contribution >= 0.6 is 0 Å². The number of hydrogen-bond donors (Lipinski definition) is 1. The van der Waals surface area contributed by atoms with Crippen LogP contribution in [0.5, 0.6) is 0 Å². The summed E-state index contributed by atoms with van der Waals surface area (Å²) in [6, 6.07) is 7.84. The van der Waals surface area contributed by atoms with Crippen LogP contribution in [0.4, 0.5) is 0 Å². The monoisotopic (exact) mass is 238 g/mol. The molecule has 0 saturated heterocycles. The number of nitrogens with zero attached hydrogens (tertiary/aromatic N) is 2. The van der Waals surface area contributed by atoms with Crippen molar-refractivity contribution in [2.75, 3.05) is 0 Å². The van der Waals surface area contributed by atoms with Gasteiger partial charge in [-0.15, -0.1) is 0 Å². The maximum atomic E-state index is 10.8. The summed E-state index contributed by atoms with van der Waals surface area (Å²) in [7, 11) is -4.10. The van der Waals surface area contributed by atoms with Crippen molar-refractivity contribution in [2.45, 2.75) is 11.4 Å². The second-order valence-electron chi connectivity index (χ2n) is 3.32. The average molecular weight is 238 g/mol. The van der Waals surface area contributed by atoms with Gasteiger partial charge in [0.15, 0.2) is 0 Å². The summed E-state index contributed by atoms with van der Waals surface area (Å²) >= 11 is 0. The van der Waals surface area contributed by atoms with Gasteiger partial charge in [0.05, 0.1) is 11.4 Å². The summed E-state index contributed by atoms with van der Waals surface area (Å²) in [5.41, 5.74) is 0.913. The molecule has 5 nitrogen and oxygen atoms in total. The molecule has 1 aromatic carbocycles. The first kappa shape index (κ1) is 10.8. The van der Waals surface area contributed by atoms with Gasteiger partial charge in [0.25, 0.3) is 10.1 Å². The lowest BCUT2D eigenvalue weighted by molar-refractivity contribution is 0.483. The fourth-order valence-electron chi connectivity index (χ4n) is 1.35. The molecule has 0 saturated carbocycles. The van der Waals surface area contributed by atoms with E-state index in [0.717, 1.165) is 5.56 Å². The molecular formula is C10H10N2O3S. The molecule has 16 heavy (non-hydrogen) atoms. The van der Waals surface area contributed by atoms with Gasteiger partial charge >= 0.3 is 0 Å². The molecule has 1 heterocycles. The third kappa shape index (κ3) is 2.47. The topological polar surface area (TPSA) is 72.2 Å². The van der Waals surface area contributed by atoms with E-state index in [2.05, 4.69) is 5.10 Å². The minimum absolute atomic E-state index is 0.100. The molecule has 0 amide bonds. The van der Waals surface area contributed by atoms with Gasteiger partial charge in [-0.1, -0.05) is 12.1 Å². The smallest absolute Gasteiger partial charge is 0.282 e. The summed E-state index contributed by atoms with van der Waals surface area (Å²) in [6.45, 7) is 0.568. The molecule has 0 aliphatic rings. The molecule has 0 bridgehead atoms. The molecule has 0 aliphatic carbocycles. The Morgan fingerprint density at radius 2 is 1.94 bits per heavy atom. The summed E-state index contributed by atoms with van der Waals surface area (Å²) in [4.78, 5) is -0.100. The summed E-state index contributed by atoms with van der Waals surface area (Å²) in [5, 5.41) is 4.03. The Balaban J connectivity index is 2.20. The first-order chi connectivity index (χ1) is 7.55. The maximum absolute atomic E-state index is 10.8. The van der Waals surface area contributed by atoms with Crippen LogP contribution in [0.15, 0.2) is 47.6 Å². The minimum Gasteiger partial charge on any atom is -0.282 e. The fraction of sp³-hybridized carbons (Fsp3) is 0.100. The molecule has 6 heteroatoms. The third-order valence-electron chi connectivity index (χ3n) is 2.12. The molecule has 2 aromatic rings. The van der Waals surface area contributed by atoms with E-state index in [1.165, 1.54) is 12.1 Å². The van der Waals surface area contributed by atoms with Crippen LogP contribution in [0.25, 0.3) is 0 Å². The highest BCUT2D eigenvalue weighted by molar-refractivity contribution is 7.85. The van der Waals surface area contributed by atoms with Crippen molar-refractivity contribution in [3.63, 3.8) is 0 Å². The van der Waals surface area contributed by atoms with Crippen LogP contribution in [0.1, 0.15) is 5.56 Å². The molecule has 0 aliphatic heterocycles. The minimum atomic E-state index is -4.10. The zero-order chi connectivity index (χ0) is 11.6. The molecule has 84 valence electrons. The Hall–Kier alpha value is -1.66. The maximum Gasteiger partial charge on any atom is 0.294 e. The molecule has 0 fully saturated rings. The lowest BCUT2D eigenvalue weighted by Gasteiger charge is -2.02. The predicted octanol–water partition coefficient (Wildman–Crippen LogP) is 1.18. The Kier molecular flexibility index (Phi) is 2.76. The summed E-state index contributed by atoms with van der Waals surface area (Å²) < 4.78 is 32.1. The zero-order valence-corrected chi connectivity index (χ0v) is 9.13. The Morgan fingerprint density at radius 3 is 2.44 bits per heavy atom. The normalized spacial score (nSPS) is 11.6. The van der Waals surface area contributed by atoms with Gasteiger partial charge in [-0.05, 0) is 23.8 Å². The molecule has 0 spiro atoms. The van der Waals surface area contributed by atoms with E-state index in [9.17, 15) is 8.42 Å². The summed E-state index contributed by atoms with van der Waals surface area (Å²) in [6.07, 6.45) is 3.49. The Bertz CT molecular complexity index is 559. The highest BCUT2D eigenvalue weighted by Gasteiger charge is 2.08. The SMILES string of the molecule is O=S(=O)(O)c1ccc(Cn2cccn2)cc1. The van der Waals surface area contributed by atoms with Crippen molar-refractivity contribution in [1.29, 1.82) is 0 Å². The first-order valence-corrected chi connectivity index (χ1v) is 6.03. The van der Waals surface area contributed by atoms with Gasteiger partial charge in [-0.25, -0.2) is 0 Å². The third-order valence-corrected chi connectivity index (χ3v) is 2.99. The highest BCUT2D eigenvalue weighted by atomic mass is 32.2. The molecule has 2 rings (SSSR count). The van der Waals surface area contributed by atoms with Crippen molar-refractivity contribution in [3.8, 4) is 0 Å². The van der Waals surface area contributed by atoms with Gasteiger partial charge in [-0.3, -0.25) is 9.23 Å². The van der Waals surface area contributed by atoms with Crippen LogP contribution in [0, 0.1) is 0 Å². The van der Waals surface area contributed by atoms with Crippen molar-refractivity contribution in [2.24, 2.45) is 0 Å². The largest absolute Gasteiger partial charge is 0.294 e. The Labute approximate surface area is 93.1 Å². The van der Waals surface area contributed by atoms with E-state index >= 15 is 0 Å². The quantitative estimate of drug-likeness (QED) is 0.815. The predicted molar refractivity (Wildman–Crippen MR) is 57.6 cm³/mol. The van der Waals surface area contributed by atoms with E-state index < -0.39 is 10.1 Å². The number of hydrogen-bond acceptors (Lipinski definition) is 3. The Morgan fingerprint density at radius 1 is 1.25 bits per heavy atom. The van der Waals surface area contributed by atoms with Gasteiger partial charge in [0.2, 0.25) is 0 Å². The van der Waals surface area contributed by atoms with Crippen molar-refractivity contribution in [3.05, 3.63) is 48.3 Å². The molecular weight excluding hydrogens is 228 g/mol. The summed E-state index contributed by atoms with van der Waals surface area (Å²) in [5.74, 6) is 0. The van der Waals surface area contributed by atoms with Gasteiger partial charge in [-0.2, -0.15) is 13.5 Å². The van der Waals surface area contributed by atoms with Crippen molar-refractivity contribution in [1.82, 2.24) is 9.78 Å². The lowest BCUT2D eigenvalue weighted by atomic mass is 10.2. The highest BCUT2D eigenvalue weighted by Crippen LogP contribution is 2.10. The van der Waals surface area contributed by atoms with Crippen LogP contribution in [-0.4, -0.2) is 22.8 Å². The molecule has 0 radical (unpaired) electrons. The number of rotatable bonds is 3. The van der Waals surface area contributed by atoms with E-state index in [1.54, 1.807) is 23.0 Å². The van der Waals surface area contributed by atoms with Gasteiger partial charge in [0.1, 0.15) is 0 Å². The fourth-order valence-corrected chi connectivity index (χ4v) is 1.83. The van der Waals surface area contributed by atoms with Crippen LogP contribution in [-0.2, 0) is 16.7 Å². The first-order valence-electron chi connectivity index (χ1n) is 4.59. The van der Waals surface area contributed by atoms with E-state index in [-0.39, 0.29) is 4.90 Å². The van der Waals surface area contributed by atoms with E-state index in [4.69, 9.17) is 4.55 Å². The molecule has 1 aromatic heterocycles. The van der Waals surface area contributed by atoms with E-state index in [1.807, 2.05) is 12.3 Å². The van der Waals surface area contributed by atoms with Crippen LogP contribution in [0.3, 0.4) is 0 Å². The number of benzene rings is 1. The van der Waals surface area contributed by atoms with Crippen molar-refractivity contribution >= 4 is 10.1 Å². The standard InChI is InChI=1S/C10H10N2O3S/c13-16(14,15)10-4-2-9(3-5-10)8-12-7-1-6-11-12/h1-7H,8H2,(H,13,14,15). The second-order valence-corrected chi connectivity index (χ2v) is 4.74.